The average Bonchev–Trinajstić information content (AvgIpc) is 3.13. The standard InChI is InChI=1S/C20H18N2O4/c1-2-25-20(24)17-13-18(26-22-17)15-8-10-16(11-9-15)21-19(23)12-14-6-4-3-5-7-14/h3-11,13H,2,12H2,1H3,(H,21,23). The highest BCUT2D eigenvalue weighted by Crippen LogP contribution is 2.22. The molecule has 0 aliphatic carbocycles. The van der Waals surface area contributed by atoms with E-state index in [1.165, 1.54) is 6.07 Å². The molecule has 3 aromatic rings. The van der Waals surface area contributed by atoms with Gasteiger partial charge in [-0.1, -0.05) is 35.5 Å². The number of nitrogens with zero attached hydrogens (tertiary/aromatic N) is 1. The van der Waals surface area contributed by atoms with E-state index in [9.17, 15) is 9.59 Å². The van der Waals surface area contributed by atoms with E-state index >= 15 is 0 Å². The number of hydrogen-bond donors (Lipinski definition) is 1. The highest BCUT2D eigenvalue weighted by Gasteiger charge is 2.14. The molecule has 0 fully saturated rings. The minimum atomic E-state index is -0.521. The molecule has 1 aromatic heterocycles. The van der Waals surface area contributed by atoms with Gasteiger partial charge in [0.15, 0.2) is 11.5 Å². The first kappa shape index (κ1) is 17.4. The first-order valence-corrected chi connectivity index (χ1v) is 8.23. The number of nitrogens with one attached hydrogen (secondary N) is 1. The zero-order valence-corrected chi connectivity index (χ0v) is 14.3. The fourth-order valence-corrected chi connectivity index (χ4v) is 2.42. The predicted molar refractivity (Wildman–Crippen MR) is 96.7 cm³/mol. The van der Waals surface area contributed by atoms with Gasteiger partial charge in [-0.3, -0.25) is 4.79 Å². The first-order chi connectivity index (χ1) is 12.7. The first-order valence-electron chi connectivity index (χ1n) is 8.23. The fraction of sp³-hybridized carbons (Fsp3) is 0.150. The highest BCUT2D eigenvalue weighted by molar-refractivity contribution is 5.92. The Labute approximate surface area is 150 Å². The molecule has 0 spiro atoms. The molecular weight excluding hydrogens is 332 g/mol. The van der Waals surface area contributed by atoms with Gasteiger partial charge in [-0.15, -0.1) is 0 Å². The zero-order chi connectivity index (χ0) is 18.4. The monoisotopic (exact) mass is 350 g/mol. The van der Waals surface area contributed by atoms with Crippen molar-refractivity contribution in [2.24, 2.45) is 0 Å². The van der Waals surface area contributed by atoms with Gasteiger partial charge in [0.25, 0.3) is 0 Å². The quantitative estimate of drug-likeness (QED) is 0.686. The third-order valence-corrected chi connectivity index (χ3v) is 3.66. The maximum atomic E-state index is 12.1. The van der Waals surface area contributed by atoms with E-state index in [0.717, 1.165) is 11.1 Å². The molecule has 1 amide bonds. The van der Waals surface area contributed by atoms with Gasteiger partial charge in [-0.25, -0.2) is 4.79 Å². The molecule has 0 atom stereocenters. The van der Waals surface area contributed by atoms with Gasteiger partial charge in [0.1, 0.15) is 0 Å². The van der Waals surface area contributed by atoms with Crippen molar-refractivity contribution in [3.63, 3.8) is 0 Å². The van der Waals surface area contributed by atoms with Crippen LogP contribution in [0.5, 0.6) is 0 Å². The van der Waals surface area contributed by atoms with Gasteiger partial charge in [0.2, 0.25) is 5.91 Å². The van der Waals surface area contributed by atoms with Crippen molar-refractivity contribution < 1.29 is 18.8 Å². The van der Waals surface area contributed by atoms with Crippen LogP contribution < -0.4 is 5.32 Å². The Bertz CT molecular complexity index is 886. The van der Waals surface area contributed by atoms with Gasteiger partial charge in [-0.05, 0) is 36.8 Å². The molecule has 1 heterocycles. The van der Waals surface area contributed by atoms with Crippen molar-refractivity contribution in [3.8, 4) is 11.3 Å². The number of carbonyl (C=O) groups is 2. The van der Waals surface area contributed by atoms with E-state index < -0.39 is 5.97 Å². The van der Waals surface area contributed by atoms with Crippen molar-refractivity contribution in [2.45, 2.75) is 13.3 Å². The zero-order valence-electron chi connectivity index (χ0n) is 14.3. The highest BCUT2D eigenvalue weighted by atomic mass is 16.5. The number of rotatable bonds is 6. The maximum absolute atomic E-state index is 12.1. The van der Waals surface area contributed by atoms with E-state index in [1.54, 1.807) is 31.2 Å². The van der Waals surface area contributed by atoms with E-state index in [1.807, 2.05) is 30.3 Å². The van der Waals surface area contributed by atoms with Crippen LogP contribution in [0, 0.1) is 0 Å². The molecule has 2 aromatic carbocycles. The molecule has 6 nitrogen and oxygen atoms in total. The molecule has 0 aliphatic rings. The van der Waals surface area contributed by atoms with Crippen LogP contribution in [0.15, 0.2) is 65.2 Å². The van der Waals surface area contributed by atoms with Gasteiger partial charge in [0.05, 0.1) is 13.0 Å². The van der Waals surface area contributed by atoms with E-state index in [4.69, 9.17) is 9.26 Å². The summed E-state index contributed by atoms with van der Waals surface area (Å²) in [7, 11) is 0. The van der Waals surface area contributed by atoms with Crippen LogP contribution in [-0.4, -0.2) is 23.6 Å². The summed E-state index contributed by atoms with van der Waals surface area (Å²) in [6.45, 7) is 2.00. The molecule has 0 radical (unpaired) electrons. The summed E-state index contributed by atoms with van der Waals surface area (Å²) < 4.78 is 10.1. The second-order valence-electron chi connectivity index (χ2n) is 5.58. The van der Waals surface area contributed by atoms with E-state index in [0.29, 0.717) is 17.9 Å². The van der Waals surface area contributed by atoms with Crippen LogP contribution in [0.2, 0.25) is 0 Å². The number of hydrogen-bond acceptors (Lipinski definition) is 5. The van der Waals surface area contributed by atoms with Crippen LogP contribution in [0.25, 0.3) is 11.3 Å². The molecular formula is C20H18N2O4. The number of aromatic nitrogens is 1. The van der Waals surface area contributed by atoms with Crippen molar-refractivity contribution in [1.82, 2.24) is 5.16 Å². The molecule has 26 heavy (non-hydrogen) atoms. The van der Waals surface area contributed by atoms with Crippen molar-refractivity contribution in [2.75, 3.05) is 11.9 Å². The molecule has 132 valence electrons. The molecule has 0 bridgehead atoms. The maximum Gasteiger partial charge on any atom is 0.360 e. The van der Waals surface area contributed by atoms with Crippen LogP contribution in [0.3, 0.4) is 0 Å². The normalized spacial score (nSPS) is 10.3. The topological polar surface area (TPSA) is 81.4 Å². The Morgan fingerprint density at radius 2 is 1.81 bits per heavy atom. The third-order valence-electron chi connectivity index (χ3n) is 3.66. The number of ether oxygens (including phenoxy) is 1. The van der Waals surface area contributed by atoms with Crippen molar-refractivity contribution in [1.29, 1.82) is 0 Å². The summed E-state index contributed by atoms with van der Waals surface area (Å²) in [5.41, 5.74) is 2.51. The summed E-state index contributed by atoms with van der Waals surface area (Å²) in [6.07, 6.45) is 0.313. The average molecular weight is 350 g/mol. The number of anilines is 1. The van der Waals surface area contributed by atoms with Gasteiger partial charge in [0, 0.05) is 17.3 Å². The Hall–Kier alpha value is -3.41. The van der Waals surface area contributed by atoms with Crippen LogP contribution in [0.4, 0.5) is 5.69 Å². The summed E-state index contributed by atoms with van der Waals surface area (Å²) in [5.74, 6) is -0.157. The Kier molecular flexibility index (Phi) is 5.43. The van der Waals surface area contributed by atoms with Gasteiger partial charge >= 0.3 is 5.97 Å². The predicted octanol–water partition coefficient (Wildman–Crippen LogP) is 3.70. The Morgan fingerprint density at radius 1 is 1.08 bits per heavy atom. The summed E-state index contributed by atoms with van der Waals surface area (Å²) in [5, 5.41) is 6.56. The molecule has 6 heteroatoms. The molecule has 0 saturated carbocycles. The number of benzene rings is 2. The summed E-state index contributed by atoms with van der Waals surface area (Å²) >= 11 is 0. The second kappa shape index (κ2) is 8.11. The largest absolute Gasteiger partial charge is 0.461 e. The summed E-state index contributed by atoms with van der Waals surface area (Å²) in [6, 6.07) is 18.2. The lowest BCUT2D eigenvalue weighted by molar-refractivity contribution is -0.115. The molecule has 0 saturated heterocycles. The second-order valence-corrected chi connectivity index (χ2v) is 5.58. The van der Waals surface area contributed by atoms with E-state index in [-0.39, 0.29) is 18.2 Å². The molecule has 0 unspecified atom stereocenters. The lowest BCUT2D eigenvalue weighted by Gasteiger charge is -2.06. The minimum Gasteiger partial charge on any atom is -0.461 e. The summed E-state index contributed by atoms with van der Waals surface area (Å²) in [4.78, 5) is 23.7. The van der Waals surface area contributed by atoms with Crippen LogP contribution >= 0.6 is 0 Å². The molecule has 3 rings (SSSR count). The lowest BCUT2D eigenvalue weighted by Crippen LogP contribution is -2.14. The number of esters is 1. The smallest absolute Gasteiger partial charge is 0.360 e. The van der Waals surface area contributed by atoms with Crippen molar-refractivity contribution >= 4 is 17.6 Å². The third kappa shape index (κ3) is 4.36. The number of carbonyl (C=O) groups excluding carboxylic acids is 2. The molecule has 0 aliphatic heterocycles. The minimum absolute atomic E-state index is 0.0896. The van der Waals surface area contributed by atoms with Crippen LogP contribution in [0.1, 0.15) is 23.0 Å². The van der Waals surface area contributed by atoms with Crippen LogP contribution in [-0.2, 0) is 16.0 Å². The lowest BCUT2D eigenvalue weighted by atomic mass is 10.1. The van der Waals surface area contributed by atoms with Gasteiger partial charge < -0.3 is 14.6 Å². The Morgan fingerprint density at radius 3 is 2.50 bits per heavy atom. The van der Waals surface area contributed by atoms with Crippen molar-refractivity contribution in [3.05, 3.63) is 71.9 Å². The van der Waals surface area contributed by atoms with E-state index in [2.05, 4.69) is 10.5 Å². The fourth-order valence-electron chi connectivity index (χ4n) is 2.42. The Balaban J connectivity index is 1.63. The van der Waals surface area contributed by atoms with Gasteiger partial charge in [-0.2, -0.15) is 0 Å². The number of amides is 1. The molecule has 1 N–H and O–H groups in total. The SMILES string of the molecule is CCOC(=O)c1cc(-c2ccc(NC(=O)Cc3ccccc3)cc2)on1.